The van der Waals surface area contributed by atoms with E-state index in [-0.39, 0.29) is 11.4 Å². The van der Waals surface area contributed by atoms with Crippen molar-refractivity contribution in [2.24, 2.45) is 0 Å². The molecule has 0 aliphatic carbocycles. The number of carbonyl (C=O) groups is 1. The van der Waals surface area contributed by atoms with Crippen molar-refractivity contribution in [3.63, 3.8) is 0 Å². The van der Waals surface area contributed by atoms with Crippen molar-refractivity contribution in [1.82, 2.24) is 10.6 Å². The molecule has 0 aliphatic heterocycles. The molecule has 2 N–H and O–H groups in total. The van der Waals surface area contributed by atoms with E-state index in [4.69, 9.17) is 0 Å². The second-order valence-electron chi connectivity index (χ2n) is 5.35. The third-order valence-electron chi connectivity index (χ3n) is 3.06. The summed E-state index contributed by atoms with van der Waals surface area (Å²) in [6.07, 6.45) is 1.91. The first-order chi connectivity index (χ1) is 8.43. The molecule has 4 heteroatoms. The summed E-state index contributed by atoms with van der Waals surface area (Å²) >= 11 is 1.76. The minimum atomic E-state index is -0.115. The highest BCUT2D eigenvalue weighted by atomic mass is 32.1. The van der Waals surface area contributed by atoms with E-state index >= 15 is 0 Å². The van der Waals surface area contributed by atoms with Crippen LogP contribution in [-0.4, -0.2) is 24.0 Å². The number of nitrogens with one attached hydrogen (secondary N) is 2. The van der Waals surface area contributed by atoms with E-state index in [0.29, 0.717) is 12.6 Å². The highest BCUT2D eigenvalue weighted by molar-refractivity contribution is 7.09. The van der Waals surface area contributed by atoms with Gasteiger partial charge in [0, 0.05) is 16.5 Å². The highest BCUT2D eigenvalue weighted by Crippen LogP contribution is 2.11. The maximum Gasteiger partial charge on any atom is 0.234 e. The van der Waals surface area contributed by atoms with Crippen LogP contribution in [0, 0.1) is 0 Å². The van der Waals surface area contributed by atoms with Crippen molar-refractivity contribution in [3.8, 4) is 0 Å². The van der Waals surface area contributed by atoms with E-state index in [1.165, 1.54) is 4.88 Å². The SMILES string of the molecule is CCC(C)(C)NC(=O)CNC(C)Cc1cccs1. The molecular formula is C14H24N2OS. The van der Waals surface area contributed by atoms with Crippen LogP contribution in [0.1, 0.15) is 39.0 Å². The zero-order valence-corrected chi connectivity index (χ0v) is 12.6. The molecule has 0 aromatic carbocycles. The van der Waals surface area contributed by atoms with E-state index in [0.717, 1.165) is 12.8 Å². The van der Waals surface area contributed by atoms with Crippen LogP contribution in [0.15, 0.2) is 17.5 Å². The molecule has 0 bridgehead atoms. The van der Waals surface area contributed by atoms with Gasteiger partial charge in [0.05, 0.1) is 6.54 Å². The molecule has 1 aromatic rings. The van der Waals surface area contributed by atoms with Gasteiger partial charge in [-0.2, -0.15) is 0 Å². The van der Waals surface area contributed by atoms with Crippen molar-refractivity contribution in [2.45, 2.75) is 52.1 Å². The van der Waals surface area contributed by atoms with Gasteiger partial charge in [-0.25, -0.2) is 0 Å². The van der Waals surface area contributed by atoms with Crippen molar-refractivity contribution in [1.29, 1.82) is 0 Å². The lowest BCUT2D eigenvalue weighted by atomic mass is 10.0. The van der Waals surface area contributed by atoms with Gasteiger partial charge in [0.15, 0.2) is 0 Å². The van der Waals surface area contributed by atoms with Gasteiger partial charge in [-0.05, 0) is 45.1 Å². The predicted octanol–water partition coefficient (Wildman–Crippen LogP) is 2.57. The average Bonchev–Trinajstić information content (AvgIpc) is 2.78. The van der Waals surface area contributed by atoms with Gasteiger partial charge in [-0.15, -0.1) is 11.3 Å². The molecule has 1 amide bonds. The molecule has 0 radical (unpaired) electrons. The van der Waals surface area contributed by atoms with Crippen LogP contribution in [0.25, 0.3) is 0 Å². The molecule has 0 saturated carbocycles. The fourth-order valence-electron chi connectivity index (χ4n) is 1.58. The topological polar surface area (TPSA) is 41.1 Å². The maximum atomic E-state index is 11.8. The molecule has 3 nitrogen and oxygen atoms in total. The lowest BCUT2D eigenvalue weighted by Crippen LogP contribution is -2.47. The minimum absolute atomic E-state index is 0.0693. The monoisotopic (exact) mass is 268 g/mol. The Morgan fingerprint density at radius 3 is 2.78 bits per heavy atom. The van der Waals surface area contributed by atoms with Gasteiger partial charge in [0.25, 0.3) is 0 Å². The van der Waals surface area contributed by atoms with Gasteiger partial charge in [0.2, 0.25) is 5.91 Å². The normalized spacial score (nSPS) is 13.3. The van der Waals surface area contributed by atoms with Crippen molar-refractivity contribution in [2.75, 3.05) is 6.54 Å². The van der Waals surface area contributed by atoms with Crippen molar-refractivity contribution in [3.05, 3.63) is 22.4 Å². The first-order valence-electron chi connectivity index (χ1n) is 6.49. The van der Waals surface area contributed by atoms with Crippen LogP contribution in [0.4, 0.5) is 0 Å². The molecular weight excluding hydrogens is 244 g/mol. The summed E-state index contributed by atoms with van der Waals surface area (Å²) in [6.45, 7) is 8.65. The molecule has 1 atom stereocenters. The number of hydrogen-bond donors (Lipinski definition) is 2. The number of thiophene rings is 1. The van der Waals surface area contributed by atoms with Gasteiger partial charge in [0.1, 0.15) is 0 Å². The molecule has 1 aromatic heterocycles. The quantitative estimate of drug-likeness (QED) is 0.798. The molecule has 1 rings (SSSR count). The molecule has 18 heavy (non-hydrogen) atoms. The largest absolute Gasteiger partial charge is 0.350 e. The first kappa shape index (κ1) is 15.2. The van der Waals surface area contributed by atoms with Crippen LogP contribution in [0.5, 0.6) is 0 Å². The van der Waals surface area contributed by atoms with E-state index in [1.54, 1.807) is 11.3 Å². The highest BCUT2D eigenvalue weighted by Gasteiger charge is 2.17. The lowest BCUT2D eigenvalue weighted by Gasteiger charge is -2.25. The number of rotatable bonds is 7. The Labute approximate surface area is 114 Å². The third-order valence-corrected chi connectivity index (χ3v) is 3.96. The Morgan fingerprint density at radius 1 is 1.50 bits per heavy atom. The number of amides is 1. The Hall–Kier alpha value is -0.870. The second-order valence-corrected chi connectivity index (χ2v) is 6.38. The molecule has 1 unspecified atom stereocenters. The van der Waals surface area contributed by atoms with Crippen LogP contribution >= 0.6 is 11.3 Å². The predicted molar refractivity (Wildman–Crippen MR) is 78.0 cm³/mol. The van der Waals surface area contributed by atoms with E-state index < -0.39 is 0 Å². The fraction of sp³-hybridized carbons (Fsp3) is 0.643. The summed E-state index contributed by atoms with van der Waals surface area (Å²) in [4.78, 5) is 13.1. The Balaban J connectivity index is 2.26. The van der Waals surface area contributed by atoms with Crippen LogP contribution < -0.4 is 10.6 Å². The standard InChI is InChI=1S/C14H24N2OS/c1-5-14(3,4)16-13(17)10-15-11(2)9-12-7-6-8-18-12/h6-8,11,15H,5,9-10H2,1-4H3,(H,16,17). The summed E-state index contributed by atoms with van der Waals surface area (Å²) < 4.78 is 0. The van der Waals surface area contributed by atoms with E-state index in [2.05, 4.69) is 42.0 Å². The molecule has 1 heterocycles. The zero-order chi connectivity index (χ0) is 13.6. The van der Waals surface area contributed by atoms with E-state index in [1.807, 2.05) is 13.8 Å². The Morgan fingerprint density at radius 2 is 2.22 bits per heavy atom. The van der Waals surface area contributed by atoms with E-state index in [9.17, 15) is 4.79 Å². The summed E-state index contributed by atoms with van der Waals surface area (Å²) in [5.74, 6) is 0.0693. The molecule has 0 fully saturated rings. The summed E-state index contributed by atoms with van der Waals surface area (Å²) in [7, 11) is 0. The van der Waals surface area contributed by atoms with Crippen molar-refractivity contribution >= 4 is 17.2 Å². The molecule has 0 spiro atoms. The maximum absolute atomic E-state index is 11.8. The lowest BCUT2D eigenvalue weighted by molar-refractivity contribution is -0.121. The van der Waals surface area contributed by atoms with Crippen LogP contribution in [-0.2, 0) is 11.2 Å². The number of carbonyl (C=O) groups excluding carboxylic acids is 1. The minimum Gasteiger partial charge on any atom is -0.350 e. The van der Waals surface area contributed by atoms with Crippen molar-refractivity contribution < 1.29 is 4.79 Å². The molecule has 0 aliphatic rings. The average molecular weight is 268 g/mol. The molecule has 102 valence electrons. The summed E-state index contributed by atoms with van der Waals surface area (Å²) in [6, 6.07) is 4.51. The van der Waals surface area contributed by atoms with Gasteiger partial charge < -0.3 is 10.6 Å². The van der Waals surface area contributed by atoms with Gasteiger partial charge in [-0.1, -0.05) is 13.0 Å². The summed E-state index contributed by atoms with van der Waals surface area (Å²) in [5.41, 5.74) is -0.115. The second kappa shape index (κ2) is 6.90. The third kappa shape index (κ3) is 5.65. The number of hydrogen-bond acceptors (Lipinski definition) is 3. The molecule has 0 saturated heterocycles. The zero-order valence-electron chi connectivity index (χ0n) is 11.7. The Bertz CT molecular complexity index is 360. The summed E-state index contributed by atoms with van der Waals surface area (Å²) in [5, 5.41) is 8.37. The smallest absolute Gasteiger partial charge is 0.234 e. The van der Waals surface area contributed by atoms with Gasteiger partial charge >= 0.3 is 0 Å². The Kier molecular flexibility index (Phi) is 5.82. The van der Waals surface area contributed by atoms with Crippen LogP contribution in [0.2, 0.25) is 0 Å². The van der Waals surface area contributed by atoms with Gasteiger partial charge in [-0.3, -0.25) is 4.79 Å². The first-order valence-corrected chi connectivity index (χ1v) is 7.37. The fourth-order valence-corrected chi connectivity index (χ4v) is 2.41. The van der Waals surface area contributed by atoms with Crippen LogP contribution in [0.3, 0.4) is 0 Å².